The van der Waals surface area contributed by atoms with E-state index >= 15 is 0 Å². The minimum Gasteiger partial charge on any atom is -0.411 e. The molecule has 8 nitrogen and oxygen atoms in total. The van der Waals surface area contributed by atoms with Crippen LogP contribution in [-0.2, 0) is 13.6 Å². The Morgan fingerprint density at radius 2 is 1.66 bits per heavy atom. The lowest BCUT2D eigenvalue weighted by molar-refractivity contribution is -0.0165. The van der Waals surface area contributed by atoms with Crippen LogP contribution in [0.25, 0.3) is 11.2 Å². The predicted molar refractivity (Wildman–Crippen MR) is 133 cm³/mol. The Bertz CT molecular complexity index is 949. The molecule has 2 aromatic rings. The fraction of sp³-hybridized carbons (Fsp3) is 0.727. The molecule has 179 valence electrons. The molecule has 0 aliphatic carbocycles. The molecule has 0 unspecified atom stereocenters. The Balaban J connectivity index is 1.87. The molecule has 0 bridgehead atoms. The molecule has 2 N–H and O–H groups in total. The van der Waals surface area contributed by atoms with Crippen molar-refractivity contribution in [2.24, 2.45) is 0 Å². The number of aromatic nitrogens is 4. The molecule has 32 heavy (non-hydrogen) atoms. The first-order valence-corrected chi connectivity index (χ1v) is 17.1. The highest BCUT2D eigenvalue weighted by molar-refractivity contribution is 6.74. The summed E-state index contributed by atoms with van der Waals surface area (Å²) < 4.78 is 21.7. The van der Waals surface area contributed by atoms with Crippen LogP contribution in [-0.4, -0.2) is 48.4 Å². The first kappa shape index (κ1) is 25.3. The van der Waals surface area contributed by atoms with Crippen LogP contribution in [0.15, 0.2) is 12.7 Å². The summed E-state index contributed by atoms with van der Waals surface area (Å²) in [5, 5.41) is 0.200. The monoisotopic (exact) mass is 478 g/mol. The van der Waals surface area contributed by atoms with Crippen LogP contribution in [0.5, 0.6) is 0 Å². The zero-order chi connectivity index (χ0) is 24.1. The normalized spacial score (nSPS) is 23.2. The molecule has 0 aromatic carbocycles. The molecule has 0 spiro atoms. The fourth-order valence-corrected chi connectivity index (χ4v) is 5.29. The first-order chi connectivity index (χ1) is 14.5. The Hall–Kier alpha value is -1.34. The third-order valence-electron chi connectivity index (χ3n) is 7.37. The summed E-state index contributed by atoms with van der Waals surface area (Å²) in [6.07, 6.45) is 3.21. The van der Waals surface area contributed by atoms with Crippen LogP contribution in [0.2, 0.25) is 36.3 Å². The maximum absolute atomic E-state index is 6.82. The molecule has 1 aliphatic heterocycles. The predicted octanol–water partition coefficient (Wildman–Crippen LogP) is 5.27. The van der Waals surface area contributed by atoms with Gasteiger partial charge >= 0.3 is 0 Å². The van der Waals surface area contributed by atoms with E-state index in [0.29, 0.717) is 23.4 Å². The quantitative estimate of drug-likeness (QED) is 0.565. The molecular weight excluding hydrogens is 438 g/mol. The Labute approximate surface area is 194 Å². The molecule has 10 heteroatoms. The van der Waals surface area contributed by atoms with Crippen molar-refractivity contribution >= 4 is 33.6 Å². The van der Waals surface area contributed by atoms with Gasteiger partial charge in [-0.05, 0) is 36.3 Å². The second-order valence-corrected chi connectivity index (χ2v) is 21.3. The van der Waals surface area contributed by atoms with Gasteiger partial charge in [0.2, 0.25) is 0 Å². The second kappa shape index (κ2) is 8.46. The SMILES string of the molecule is CC(C)(C)[Si](C)(C)O[CH][C@H]1O[C@@H](n2cnc3c(N)ncnc32)C[C@@H]1O[Si](C)(C)C(C)(C)C. The Kier molecular flexibility index (Phi) is 6.69. The average molecular weight is 479 g/mol. The molecule has 0 saturated carbocycles. The van der Waals surface area contributed by atoms with Crippen molar-refractivity contribution in [3.63, 3.8) is 0 Å². The van der Waals surface area contributed by atoms with Gasteiger partial charge in [0.15, 0.2) is 28.1 Å². The molecule has 1 saturated heterocycles. The number of hydrogen-bond acceptors (Lipinski definition) is 7. The van der Waals surface area contributed by atoms with Crippen LogP contribution in [0, 0.1) is 6.61 Å². The topological polar surface area (TPSA) is 97.3 Å². The van der Waals surface area contributed by atoms with E-state index in [9.17, 15) is 0 Å². The van der Waals surface area contributed by atoms with Gasteiger partial charge < -0.3 is 19.3 Å². The van der Waals surface area contributed by atoms with Crippen LogP contribution in [0.4, 0.5) is 5.82 Å². The van der Waals surface area contributed by atoms with Gasteiger partial charge in [-0.1, -0.05) is 41.5 Å². The largest absolute Gasteiger partial charge is 0.411 e. The van der Waals surface area contributed by atoms with Gasteiger partial charge in [0, 0.05) is 6.42 Å². The van der Waals surface area contributed by atoms with E-state index in [1.165, 1.54) is 6.33 Å². The van der Waals surface area contributed by atoms with Gasteiger partial charge in [0.25, 0.3) is 0 Å². The third kappa shape index (κ3) is 4.94. The summed E-state index contributed by atoms with van der Waals surface area (Å²) in [5.74, 6) is 0.366. The minimum absolute atomic E-state index is 0.0965. The zero-order valence-corrected chi connectivity index (χ0v) is 23.3. The van der Waals surface area contributed by atoms with Crippen molar-refractivity contribution in [3.8, 4) is 0 Å². The number of nitrogens with two attached hydrogens (primary N) is 1. The summed E-state index contributed by atoms with van der Waals surface area (Å²) >= 11 is 0. The van der Waals surface area contributed by atoms with E-state index in [1.54, 1.807) is 6.33 Å². The van der Waals surface area contributed by atoms with Crippen molar-refractivity contribution in [3.05, 3.63) is 19.3 Å². The Morgan fingerprint density at radius 3 is 2.25 bits per heavy atom. The molecule has 1 radical (unpaired) electrons. The highest BCUT2D eigenvalue weighted by atomic mass is 28.4. The van der Waals surface area contributed by atoms with Gasteiger partial charge in [-0.15, -0.1) is 0 Å². The molecule has 3 rings (SSSR count). The maximum atomic E-state index is 6.82. The van der Waals surface area contributed by atoms with Gasteiger partial charge in [-0.25, -0.2) is 15.0 Å². The molecule has 3 atom stereocenters. The van der Waals surface area contributed by atoms with E-state index < -0.39 is 16.6 Å². The number of nitrogens with zero attached hydrogens (tertiary/aromatic N) is 4. The van der Waals surface area contributed by atoms with Crippen molar-refractivity contribution in [1.29, 1.82) is 0 Å². The maximum Gasteiger partial charge on any atom is 0.192 e. The number of fused-ring (bicyclic) bond motifs is 1. The van der Waals surface area contributed by atoms with Crippen molar-refractivity contribution < 1.29 is 13.6 Å². The number of nitrogen functional groups attached to an aromatic ring is 1. The van der Waals surface area contributed by atoms with Crippen molar-refractivity contribution in [2.75, 3.05) is 5.73 Å². The molecule has 1 aliphatic rings. The molecule has 1 fully saturated rings. The second-order valence-electron chi connectivity index (χ2n) is 11.8. The molecule has 0 amide bonds. The summed E-state index contributed by atoms with van der Waals surface area (Å²) in [5.41, 5.74) is 7.23. The van der Waals surface area contributed by atoms with Crippen LogP contribution in [0.1, 0.15) is 54.2 Å². The van der Waals surface area contributed by atoms with Gasteiger partial charge in [0.1, 0.15) is 30.8 Å². The Morgan fingerprint density at radius 1 is 1.03 bits per heavy atom. The van der Waals surface area contributed by atoms with E-state index in [1.807, 2.05) is 11.2 Å². The van der Waals surface area contributed by atoms with Crippen molar-refractivity contribution in [1.82, 2.24) is 19.5 Å². The van der Waals surface area contributed by atoms with Gasteiger partial charge in [-0.2, -0.15) is 0 Å². The standard InChI is InChI=1S/C22H40N5O3Si2/c1-21(2,3)31(7,8)28-12-16-15(30-32(9,10)22(4,5)6)11-17(29-16)27-14-26-18-19(23)24-13-25-20(18)27/h12-17H,11H2,1-10H3,(H2,23,24,25)/t15-,16+,17+/m0/s1. The van der Waals surface area contributed by atoms with Gasteiger partial charge in [0.05, 0.1) is 12.4 Å². The molecule has 3 heterocycles. The van der Waals surface area contributed by atoms with Crippen LogP contribution >= 0.6 is 0 Å². The smallest absolute Gasteiger partial charge is 0.192 e. The summed E-state index contributed by atoms with van der Waals surface area (Å²) in [7, 11) is -3.99. The van der Waals surface area contributed by atoms with Gasteiger partial charge in [-0.3, -0.25) is 4.57 Å². The molecular formula is C22H40N5O3Si2. The number of anilines is 1. The van der Waals surface area contributed by atoms with E-state index in [0.717, 1.165) is 0 Å². The van der Waals surface area contributed by atoms with E-state index in [2.05, 4.69) is 82.7 Å². The fourth-order valence-electron chi connectivity index (χ4n) is 3.12. The lowest BCUT2D eigenvalue weighted by Gasteiger charge is -2.40. The summed E-state index contributed by atoms with van der Waals surface area (Å²) in [4.78, 5) is 12.8. The number of rotatable bonds is 6. The summed E-state index contributed by atoms with van der Waals surface area (Å²) in [6, 6.07) is 0. The molecule has 2 aromatic heterocycles. The first-order valence-electron chi connectivity index (χ1n) is 11.3. The number of hydrogen-bond donors (Lipinski definition) is 1. The lowest BCUT2D eigenvalue weighted by atomic mass is 10.2. The lowest BCUT2D eigenvalue weighted by Crippen LogP contribution is -2.47. The van der Waals surface area contributed by atoms with E-state index in [4.69, 9.17) is 19.3 Å². The van der Waals surface area contributed by atoms with E-state index in [-0.39, 0.29) is 28.5 Å². The highest BCUT2D eigenvalue weighted by Gasteiger charge is 2.47. The minimum atomic E-state index is -2.02. The van der Waals surface area contributed by atoms with Crippen molar-refractivity contribution in [2.45, 2.75) is 103 Å². The average Bonchev–Trinajstić information content (AvgIpc) is 3.22. The third-order valence-corrected chi connectivity index (χ3v) is 16.2. The number of imidazole rings is 1. The highest BCUT2D eigenvalue weighted by Crippen LogP contribution is 2.43. The van der Waals surface area contributed by atoms with Crippen LogP contribution < -0.4 is 5.73 Å². The number of ether oxygens (including phenoxy) is 1. The zero-order valence-electron chi connectivity index (χ0n) is 21.3. The summed E-state index contributed by atoms with van der Waals surface area (Å²) in [6.45, 7) is 24.4. The van der Waals surface area contributed by atoms with Crippen LogP contribution in [0.3, 0.4) is 0 Å².